The number of rotatable bonds is 9. The van der Waals surface area contributed by atoms with Crippen LogP contribution in [0, 0.1) is 23.0 Å². The second-order valence-corrected chi connectivity index (χ2v) is 7.89. The summed E-state index contributed by atoms with van der Waals surface area (Å²) in [6.45, 7) is 8.39. The molecule has 0 bridgehead atoms. The maximum absolute atomic E-state index is 13.2. The molecule has 2 aromatic carbocycles. The van der Waals surface area contributed by atoms with Gasteiger partial charge in [-0.25, -0.2) is 0 Å². The summed E-state index contributed by atoms with van der Waals surface area (Å²) >= 11 is 0. The first-order valence-electron chi connectivity index (χ1n) is 10.0. The summed E-state index contributed by atoms with van der Waals surface area (Å²) in [6, 6.07) is 13.2. The van der Waals surface area contributed by atoms with E-state index in [4.69, 9.17) is 0 Å². The van der Waals surface area contributed by atoms with Crippen LogP contribution in [-0.4, -0.2) is 34.2 Å². The fraction of sp³-hybridized carbons (Fsp3) is 0.391. The molecular weight excluding hydrogens is 382 g/mol. The van der Waals surface area contributed by atoms with E-state index in [9.17, 15) is 19.7 Å². The Labute approximate surface area is 177 Å². The van der Waals surface area contributed by atoms with Crippen LogP contribution in [0.5, 0.6) is 0 Å². The Hall–Kier alpha value is -3.22. The van der Waals surface area contributed by atoms with Gasteiger partial charge in [0.05, 0.1) is 11.3 Å². The second kappa shape index (κ2) is 10.5. The zero-order valence-corrected chi connectivity index (χ0v) is 17.9. The normalized spacial score (nSPS) is 11.8. The Morgan fingerprint density at radius 2 is 1.80 bits per heavy atom. The van der Waals surface area contributed by atoms with Crippen molar-refractivity contribution in [3.05, 3.63) is 75.3 Å². The van der Waals surface area contributed by atoms with Crippen molar-refractivity contribution >= 4 is 17.5 Å². The number of nitrogens with zero attached hydrogens (tertiary/aromatic N) is 2. The smallest absolute Gasteiger partial charge is 0.273 e. The van der Waals surface area contributed by atoms with Gasteiger partial charge in [0.15, 0.2) is 0 Å². The van der Waals surface area contributed by atoms with Crippen molar-refractivity contribution in [3.63, 3.8) is 0 Å². The van der Waals surface area contributed by atoms with Gasteiger partial charge in [-0.15, -0.1) is 0 Å². The van der Waals surface area contributed by atoms with E-state index in [1.165, 1.54) is 11.0 Å². The highest BCUT2D eigenvalue weighted by Gasteiger charge is 2.28. The minimum atomic E-state index is -0.709. The number of carbonyl (C=O) groups is 2. The van der Waals surface area contributed by atoms with Gasteiger partial charge >= 0.3 is 0 Å². The molecule has 30 heavy (non-hydrogen) atoms. The monoisotopic (exact) mass is 411 g/mol. The lowest BCUT2D eigenvalue weighted by atomic mass is 10.1. The highest BCUT2D eigenvalue weighted by molar-refractivity contribution is 5.88. The van der Waals surface area contributed by atoms with Crippen molar-refractivity contribution in [1.29, 1.82) is 0 Å². The third-order valence-corrected chi connectivity index (χ3v) is 4.82. The Morgan fingerprint density at radius 3 is 2.43 bits per heavy atom. The van der Waals surface area contributed by atoms with Gasteiger partial charge in [0, 0.05) is 24.7 Å². The van der Waals surface area contributed by atoms with Gasteiger partial charge in [0.25, 0.3) is 5.69 Å². The molecule has 160 valence electrons. The predicted octanol–water partition coefficient (Wildman–Crippen LogP) is 3.64. The summed E-state index contributed by atoms with van der Waals surface area (Å²) in [5, 5.41) is 14.2. The van der Waals surface area contributed by atoms with Gasteiger partial charge in [-0.2, -0.15) is 0 Å². The zero-order valence-electron chi connectivity index (χ0n) is 17.9. The molecule has 7 nitrogen and oxygen atoms in total. The molecule has 0 heterocycles. The standard InChI is InChI=1S/C23H29N3O4/c1-16(2)14-24-23(28)18(4)25(15-19-9-7-8-17(3)12-19)22(27)13-20-10-5-6-11-21(20)26(29)30/h5-12,16,18H,13-15H2,1-4H3,(H,24,28)/t18-/m0/s1. The molecule has 2 rings (SSSR count). The Balaban J connectivity index is 2.28. The third kappa shape index (κ3) is 6.40. The molecule has 2 amide bonds. The summed E-state index contributed by atoms with van der Waals surface area (Å²) in [6.07, 6.45) is -0.148. The van der Waals surface area contributed by atoms with Gasteiger partial charge in [-0.05, 0) is 25.3 Å². The minimum Gasteiger partial charge on any atom is -0.354 e. The number of nitrogens with one attached hydrogen (secondary N) is 1. The topological polar surface area (TPSA) is 92.6 Å². The Bertz CT molecular complexity index is 911. The number of amides is 2. The molecule has 2 aromatic rings. The Kier molecular flexibility index (Phi) is 8.09. The van der Waals surface area contributed by atoms with Gasteiger partial charge in [0.2, 0.25) is 11.8 Å². The van der Waals surface area contributed by atoms with Crippen molar-refractivity contribution in [2.24, 2.45) is 5.92 Å². The summed E-state index contributed by atoms with van der Waals surface area (Å²) < 4.78 is 0. The molecule has 0 aliphatic rings. The highest BCUT2D eigenvalue weighted by Crippen LogP contribution is 2.20. The van der Waals surface area contributed by atoms with Crippen LogP contribution in [0.3, 0.4) is 0 Å². The lowest BCUT2D eigenvalue weighted by Gasteiger charge is -2.29. The molecule has 0 unspecified atom stereocenters. The quantitative estimate of drug-likeness (QED) is 0.504. The first kappa shape index (κ1) is 23.1. The Morgan fingerprint density at radius 1 is 1.10 bits per heavy atom. The van der Waals surface area contributed by atoms with E-state index in [-0.39, 0.29) is 36.4 Å². The van der Waals surface area contributed by atoms with E-state index in [1.54, 1.807) is 25.1 Å². The van der Waals surface area contributed by atoms with Crippen LogP contribution in [0.4, 0.5) is 5.69 Å². The molecular formula is C23H29N3O4. The van der Waals surface area contributed by atoms with Gasteiger partial charge in [-0.3, -0.25) is 19.7 Å². The van der Waals surface area contributed by atoms with E-state index in [0.29, 0.717) is 12.1 Å². The fourth-order valence-corrected chi connectivity index (χ4v) is 3.15. The van der Waals surface area contributed by atoms with Crippen LogP contribution >= 0.6 is 0 Å². The van der Waals surface area contributed by atoms with E-state index in [1.807, 2.05) is 45.0 Å². The summed E-state index contributed by atoms with van der Waals surface area (Å²) in [4.78, 5) is 38.2. The zero-order chi connectivity index (χ0) is 22.3. The van der Waals surface area contributed by atoms with Crippen LogP contribution < -0.4 is 5.32 Å². The highest BCUT2D eigenvalue weighted by atomic mass is 16.6. The molecule has 1 N–H and O–H groups in total. The second-order valence-electron chi connectivity index (χ2n) is 7.89. The molecule has 0 radical (unpaired) electrons. The number of nitro groups is 1. The third-order valence-electron chi connectivity index (χ3n) is 4.82. The van der Waals surface area contributed by atoms with Crippen molar-refractivity contribution in [1.82, 2.24) is 10.2 Å². The first-order chi connectivity index (χ1) is 14.2. The summed E-state index contributed by atoms with van der Waals surface area (Å²) in [5.41, 5.74) is 2.18. The largest absolute Gasteiger partial charge is 0.354 e. The lowest BCUT2D eigenvalue weighted by molar-refractivity contribution is -0.385. The lowest BCUT2D eigenvalue weighted by Crippen LogP contribution is -2.48. The predicted molar refractivity (Wildman–Crippen MR) is 116 cm³/mol. The van der Waals surface area contributed by atoms with Crippen LogP contribution in [0.2, 0.25) is 0 Å². The molecule has 0 saturated heterocycles. The number of benzene rings is 2. The SMILES string of the molecule is Cc1cccc(CN(C(=O)Cc2ccccc2[N+](=O)[O-])[C@@H](C)C(=O)NCC(C)C)c1. The molecule has 1 atom stereocenters. The molecule has 0 aliphatic carbocycles. The fourth-order valence-electron chi connectivity index (χ4n) is 3.15. The first-order valence-corrected chi connectivity index (χ1v) is 10.0. The molecule has 7 heteroatoms. The van der Waals surface area contributed by atoms with E-state index < -0.39 is 11.0 Å². The molecule has 0 fully saturated rings. The average Bonchev–Trinajstić information content (AvgIpc) is 2.69. The molecule has 0 saturated carbocycles. The molecule has 0 aromatic heterocycles. The summed E-state index contributed by atoms with van der Waals surface area (Å²) in [7, 11) is 0. The maximum Gasteiger partial charge on any atom is 0.273 e. The number of nitro benzene ring substituents is 1. The number of carbonyl (C=O) groups excluding carboxylic acids is 2. The molecule has 0 spiro atoms. The van der Waals surface area contributed by atoms with Crippen LogP contribution in [-0.2, 0) is 22.6 Å². The van der Waals surface area contributed by atoms with Crippen molar-refractivity contribution < 1.29 is 14.5 Å². The van der Waals surface area contributed by atoms with E-state index in [2.05, 4.69) is 5.32 Å². The van der Waals surface area contributed by atoms with Crippen LogP contribution in [0.25, 0.3) is 0 Å². The van der Waals surface area contributed by atoms with Crippen molar-refractivity contribution in [3.8, 4) is 0 Å². The molecule has 0 aliphatic heterocycles. The number of aryl methyl sites for hydroxylation is 1. The maximum atomic E-state index is 13.2. The van der Waals surface area contributed by atoms with Gasteiger partial charge in [0.1, 0.15) is 6.04 Å². The van der Waals surface area contributed by atoms with Crippen molar-refractivity contribution in [2.45, 2.75) is 46.7 Å². The number of hydrogen-bond acceptors (Lipinski definition) is 4. The van der Waals surface area contributed by atoms with E-state index >= 15 is 0 Å². The van der Waals surface area contributed by atoms with Crippen LogP contribution in [0.1, 0.15) is 37.5 Å². The minimum absolute atomic E-state index is 0.0988. The number of hydrogen-bond donors (Lipinski definition) is 1. The van der Waals surface area contributed by atoms with Crippen LogP contribution in [0.15, 0.2) is 48.5 Å². The number of para-hydroxylation sites is 1. The average molecular weight is 412 g/mol. The summed E-state index contributed by atoms with van der Waals surface area (Å²) in [5.74, 6) is -0.292. The van der Waals surface area contributed by atoms with E-state index in [0.717, 1.165) is 11.1 Å². The van der Waals surface area contributed by atoms with Gasteiger partial charge in [-0.1, -0.05) is 61.9 Å². The van der Waals surface area contributed by atoms with Gasteiger partial charge < -0.3 is 10.2 Å². The van der Waals surface area contributed by atoms with Crippen molar-refractivity contribution in [2.75, 3.05) is 6.54 Å².